The molecule has 35 heavy (non-hydrogen) atoms. The van der Waals surface area contributed by atoms with Gasteiger partial charge in [-0.05, 0) is 31.9 Å². The predicted octanol–water partition coefficient (Wildman–Crippen LogP) is 4.21. The van der Waals surface area contributed by atoms with E-state index < -0.39 is 0 Å². The summed E-state index contributed by atoms with van der Waals surface area (Å²) >= 11 is 7.47. The van der Waals surface area contributed by atoms with E-state index in [0.717, 1.165) is 16.3 Å². The molecule has 11 heteroatoms. The second-order valence-corrected chi connectivity index (χ2v) is 10.1. The molecule has 5 rings (SSSR count). The zero-order chi connectivity index (χ0) is 24.7. The molecule has 0 atom stereocenters. The largest absolute Gasteiger partial charge is 0.494 e. The third-order valence-electron chi connectivity index (χ3n) is 6.28. The number of nitriles is 1. The number of anilines is 1. The van der Waals surface area contributed by atoms with Gasteiger partial charge in [-0.25, -0.2) is 9.97 Å². The Hall–Kier alpha value is -3.55. The van der Waals surface area contributed by atoms with Gasteiger partial charge >= 0.3 is 0 Å². The highest BCUT2D eigenvalue weighted by atomic mass is 35.5. The molecule has 0 radical (unpaired) electrons. The number of aromatic nitrogens is 3. The van der Waals surface area contributed by atoms with Crippen LogP contribution in [-0.2, 0) is 17.9 Å². The lowest BCUT2D eigenvalue weighted by molar-refractivity contribution is -0.139. The average molecular weight is 509 g/mol. The number of hydrogen-bond donors (Lipinski definition) is 1. The smallest absolute Gasteiger partial charge is 0.259 e. The van der Waals surface area contributed by atoms with E-state index in [1.54, 1.807) is 17.0 Å². The summed E-state index contributed by atoms with van der Waals surface area (Å²) in [5.41, 5.74) is 3.12. The lowest BCUT2D eigenvalue weighted by atomic mass is 9.75. The highest BCUT2D eigenvalue weighted by Crippen LogP contribution is 2.38. The van der Waals surface area contributed by atoms with Crippen molar-refractivity contribution in [1.29, 1.82) is 5.26 Å². The first-order chi connectivity index (χ1) is 16.9. The second-order valence-electron chi connectivity index (χ2n) is 8.61. The molecule has 2 amide bonds. The Morgan fingerprint density at radius 2 is 2.03 bits per heavy atom. The summed E-state index contributed by atoms with van der Waals surface area (Å²) in [5, 5.41) is 12.6. The third kappa shape index (κ3) is 4.45. The lowest BCUT2D eigenvalue weighted by Gasteiger charge is -2.32. The Bertz CT molecular complexity index is 1350. The Labute approximate surface area is 210 Å². The molecule has 1 aliphatic heterocycles. The first-order valence-corrected chi connectivity index (χ1v) is 12.2. The molecule has 0 bridgehead atoms. The van der Waals surface area contributed by atoms with Gasteiger partial charge in [0.15, 0.2) is 5.13 Å². The molecule has 9 nitrogen and oxygen atoms in total. The van der Waals surface area contributed by atoms with E-state index in [1.165, 1.54) is 30.8 Å². The monoisotopic (exact) mass is 508 g/mol. The standard InChI is InChI=1S/C24H21ClN6O3S/c1-12-3-15(16-6-21(25)28-9-19(16)34-2)17(8-27-12)22(32)30-24-29-18-10-31(11-20(18)35-24)23(33)14-4-13(5-14)7-26/h3,6,8-9,13-14H,4-5,10-11H2,1-2H3,(H,29,30,32). The Balaban J connectivity index is 1.33. The first kappa shape index (κ1) is 23.2. The number of methoxy groups -OCH3 is 1. The van der Waals surface area contributed by atoms with Gasteiger partial charge < -0.3 is 9.64 Å². The van der Waals surface area contributed by atoms with Crippen LogP contribution in [0.2, 0.25) is 5.15 Å². The molecule has 2 aliphatic rings. The van der Waals surface area contributed by atoms with Crippen molar-refractivity contribution in [2.75, 3.05) is 12.4 Å². The van der Waals surface area contributed by atoms with Gasteiger partial charge in [-0.1, -0.05) is 22.9 Å². The summed E-state index contributed by atoms with van der Waals surface area (Å²) in [6.45, 7) is 2.72. The minimum atomic E-state index is -0.361. The summed E-state index contributed by atoms with van der Waals surface area (Å²) in [4.78, 5) is 41.5. The molecule has 0 spiro atoms. The van der Waals surface area contributed by atoms with Crippen molar-refractivity contribution < 1.29 is 14.3 Å². The topological polar surface area (TPSA) is 121 Å². The summed E-state index contributed by atoms with van der Waals surface area (Å²) < 4.78 is 5.43. The number of fused-ring (bicyclic) bond motifs is 1. The number of carbonyl (C=O) groups excluding carboxylic acids is 2. The molecule has 178 valence electrons. The Kier molecular flexibility index (Phi) is 6.13. The lowest BCUT2D eigenvalue weighted by Crippen LogP contribution is -2.39. The zero-order valence-corrected chi connectivity index (χ0v) is 20.6. The van der Waals surface area contributed by atoms with E-state index in [4.69, 9.17) is 21.6 Å². The van der Waals surface area contributed by atoms with E-state index in [0.29, 0.717) is 53.5 Å². The molecular formula is C24H21ClN6O3S. The number of ether oxygens (including phenoxy) is 1. The predicted molar refractivity (Wildman–Crippen MR) is 130 cm³/mol. The van der Waals surface area contributed by atoms with Gasteiger partial charge in [-0.3, -0.25) is 19.9 Å². The van der Waals surface area contributed by atoms with Gasteiger partial charge in [0.05, 0.1) is 48.6 Å². The molecule has 1 saturated carbocycles. The number of aryl methyl sites for hydroxylation is 1. The molecule has 0 unspecified atom stereocenters. The van der Waals surface area contributed by atoms with Crippen LogP contribution in [0.4, 0.5) is 5.13 Å². The van der Waals surface area contributed by atoms with Crippen molar-refractivity contribution in [2.45, 2.75) is 32.9 Å². The molecule has 0 saturated heterocycles. The highest BCUT2D eigenvalue weighted by Gasteiger charge is 2.39. The Morgan fingerprint density at radius 1 is 1.23 bits per heavy atom. The number of carbonyl (C=O) groups is 2. The Morgan fingerprint density at radius 3 is 2.74 bits per heavy atom. The maximum atomic E-state index is 13.2. The van der Waals surface area contributed by atoms with Crippen LogP contribution in [0.5, 0.6) is 5.75 Å². The van der Waals surface area contributed by atoms with Gasteiger partial charge in [0, 0.05) is 34.9 Å². The molecule has 4 heterocycles. The van der Waals surface area contributed by atoms with Gasteiger partial charge in [0.2, 0.25) is 5.91 Å². The summed E-state index contributed by atoms with van der Waals surface area (Å²) in [5.74, 6) is 0.121. The number of halogens is 1. The molecule has 3 aromatic heterocycles. The number of rotatable bonds is 5. The molecule has 3 aromatic rings. The fraction of sp³-hybridized carbons (Fsp3) is 0.333. The second kappa shape index (κ2) is 9.24. The average Bonchev–Trinajstić information content (AvgIpc) is 3.37. The quantitative estimate of drug-likeness (QED) is 0.512. The van der Waals surface area contributed by atoms with Crippen LogP contribution in [0.3, 0.4) is 0 Å². The molecule has 1 aliphatic carbocycles. The van der Waals surface area contributed by atoms with E-state index >= 15 is 0 Å². The van der Waals surface area contributed by atoms with Crippen LogP contribution in [0.1, 0.15) is 39.5 Å². The molecule has 1 N–H and O–H groups in total. The summed E-state index contributed by atoms with van der Waals surface area (Å²) in [7, 11) is 1.53. The molecular weight excluding hydrogens is 488 g/mol. The number of amides is 2. The zero-order valence-electron chi connectivity index (χ0n) is 19.0. The van der Waals surface area contributed by atoms with E-state index in [1.807, 2.05) is 6.92 Å². The number of hydrogen-bond acceptors (Lipinski definition) is 8. The number of nitrogens with zero attached hydrogens (tertiary/aromatic N) is 5. The van der Waals surface area contributed by atoms with E-state index in [9.17, 15) is 9.59 Å². The van der Waals surface area contributed by atoms with Crippen molar-refractivity contribution in [1.82, 2.24) is 19.9 Å². The van der Waals surface area contributed by atoms with E-state index in [2.05, 4.69) is 26.3 Å². The SMILES string of the molecule is COc1cnc(Cl)cc1-c1cc(C)ncc1C(=O)Nc1nc2c(s1)CN(C(=O)C1CC(C#N)C1)C2. The highest BCUT2D eigenvalue weighted by molar-refractivity contribution is 7.16. The summed E-state index contributed by atoms with van der Waals surface area (Å²) in [6, 6.07) is 5.66. The van der Waals surface area contributed by atoms with E-state index in [-0.39, 0.29) is 28.8 Å². The van der Waals surface area contributed by atoms with Crippen molar-refractivity contribution in [2.24, 2.45) is 11.8 Å². The maximum absolute atomic E-state index is 13.2. The van der Waals surface area contributed by atoms with Gasteiger partial charge in [0.25, 0.3) is 5.91 Å². The third-order valence-corrected chi connectivity index (χ3v) is 7.49. The van der Waals surface area contributed by atoms with Gasteiger partial charge in [-0.15, -0.1) is 0 Å². The summed E-state index contributed by atoms with van der Waals surface area (Å²) in [6.07, 6.45) is 4.30. The van der Waals surface area contributed by atoms with Crippen LogP contribution < -0.4 is 10.1 Å². The van der Waals surface area contributed by atoms with Crippen molar-refractivity contribution in [3.05, 3.63) is 51.5 Å². The minimum absolute atomic E-state index is 0.00938. The normalized spacial score (nSPS) is 18.4. The van der Waals surface area contributed by atoms with Gasteiger partial charge in [0.1, 0.15) is 10.9 Å². The first-order valence-electron chi connectivity index (χ1n) is 11.0. The van der Waals surface area contributed by atoms with Crippen LogP contribution in [0.15, 0.2) is 24.5 Å². The number of nitrogens with one attached hydrogen (secondary N) is 1. The van der Waals surface area contributed by atoms with Crippen LogP contribution in [0, 0.1) is 30.1 Å². The van der Waals surface area contributed by atoms with Crippen molar-refractivity contribution >= 4 is 39.9 Å². The fourth-order valence-corrected chi connectivity index (χ4v) is 5.49. The van der Waals surface area contributed by atoms with Gasteiger partial charge in [-0.2, -0.15) is 5.26 Å². The van der Waals surface area contributed by atoms with Crippen molar-refractivity contribution in [3.63, 3.8) is 0 Å². The fourth-order valence-electron chi connectivity index (χ4n) is 4.35. The number of pyridine rings is 2. The molecule has 1 fully saturated rings. The number of thiazole rings is 1. The van der Waals surface area contributed by atoms with Crippen LogP contribution in [0.25, 0.3) is 11.1 Å². The molecule has 0 aromatic carbocycles. The van der Waals surface area contributed by atoms with Crippen LogP contribution in [-0.4, -0.2) is 38.8 Å². The maximum Gasteiger partial charge on any atom is 0.259 e. The van der Waals surface area contributed by atoms with Crippen LogP contribution >= 0.6 is 22.9 Å². The van der Waals surface area contributed by atoms with Crippen molar-refractivity contribution in [3.8, 4) is 22.9 Å². The minimum Gasteiger partial charge on any atom is -0.494 e.